The molecule has 0 saturated carbocycles. The number of alkyl halides is 1. The van der Waals surface area contributed by atoms with Crippen LogP contribution < -0.4 is 0 Å². The Morgan fingerprint density at radius 2 is 1.00 bits per heavy atom. The summed E-state index contributed by atoms with van der Waals surface area (Å²) in [6.45, 7) is 1.16. The van der Waals surface area contributed by atoms with Gasteiger partial charge < -0.3 is 24.1 Å². The maximum atomic E-state index is 10.8. The number of benzene rings is 3. The van der Waals surface area contributed by atoms with E-state index in [4.69, 9.17) is 18.9 Å². The summed E-state index contributed by atoms with van der Waals surface area (Å²) in [4.78, 5) is 0. The fourth-order valence-corrected chi connectivity index (χ4v) is 4.60. The van der Waals surface area contributed by atoms with Gasteiger partial charge in [-0.1, -0.05) is 114 Å². The van der Waals surface area contributed by atoms with Crippen molar-refractivity contribution >= 4 is 22.6 Å². The molecule has 1 heterocycles. The number of aliphatic hydroxyl groups excluding tert-OH is 1. The van der Waals surface area contributed by atoms with Crippen LogP contribution in [0, 0.1) is 0 Å². The summed E-state index contributed by atoms with van der Waals surface area (Å²) < 4.78 is 25.5. The molecule has 4 rings (SSSR count). The van der Waals surface area contributed by atoms with Crippen molar-refractivity contribution in [3.8, 4) is 0 Å². The molecule has 0 spiro atoms. The first-order chi connectivity index (χ1) is 16.2. The first kappa shape index (κ1) is 24.3. The number of rotatable bonds is 10. The summed E-state index contributed by atoms with van der Waals surface area (Å²) in [5.41, 5.74) is 3.14. The van der Waals surface area contributed by atoms with E-state index in [-0.39, 0.29) is 6.10 Å². The average Bonchev–Trinajstić information content (AvgIpc) is 2.87. The zero-order chi connectivity index (χ0) is 22.9. The standard InChI is InChI=1S/C27H29IO5/c28-16-23-24(30-17-20-10-4-1-5-11-20)25(31-18-21-12-6-2-7-13-21)26(27(29)33-23)32-19-22-14-8-3-9-15-22/h1-15,23-27,29H,16-19H2. The largest absolute Gasteiger partial charge is 0.368 e. The molecular formula is C27H29IO5. The summed E-state index contributed by atoms with van der Waals surface area (Å²) in [6.07, 6.45) is -3.00. The summed E-state index contributed by atoms with van der Waals surface area (Å²) >= 11 is 2.26. The van der Waals surface area contributed by atoms with Gasteiger partial charge >= 0.3 is 0 Å². The Labute approximate surface area is 208 Å². The molecule has 6 heteroatoms. The quantitative estimate of drug-likeness (QED) is 0.283. The molecule has 0 bridgehead atoms. The normalized spacial score (nSPS) is 25.1. The highest BCUT2D eigenvalue weighted by atomic mass is 127. The Morgan fingerprint density at radius 1 is 0.606 bits per heavy atom. The second kappa shape index (κ2) is 12.6. The van der Waals surface area contributed by atoms with Gasteiger partial charge in [0.2, 0.25) is 0 Å². The maximum Gasteiger partial charge on any atom is 0.184 e. The van der Waals surface area contributed by atoms with E-state index in [0.29, 0.717) is 24.2 Å². The molecule has 0 radical (unpaired) electrons. The lowest BCUT2D eigenvalue weighted by atomic mass is 9.98. The molecule has 5 unspecified atom stereocenters. The van der Waals surface area contributed by atoms with Crippen molar-refractivity contribution in [1.29, 1.82) is 0 Å². The summed E-state index contributed by atoms with van der Waals surface area (Å²) in [5, 5.41) is 10.8. The van der Waals surface area contributed by atoms with Gasteiger partial charge in [-0.2, -0.15) is 0 Å². The second-order valence-corrected chi connectivity index (χ2v) is 8.88. The Bertz CT molecular complexity index is 941. The molecule has 33 heavy (non-hydrogen) atoms. The van der Waals surface area contributed by atoms with Crippen molar-refractivity contribution < 1.29 is 24.1 Å². The van der Waals surface area contributed by atoms with Gasteiger partial charge in [0.25, 0.3) is 0 Å². The fraction of sp³-hybridized carbons (Fsp3) is 0.333. The topological polar surface area (TPSA) is 57.2 Å². The predicted octanol–water partition coefficient (Wildman–Crippen LogP) is 4.89. The molecule has 0 aliphatic carbocycles. The van der Waals surface area contributed by atoms with Gasteiger partial charge in [-0.05, 0) is 16.7 Å². The van der Waals surface area contributed by atoms with Gasteiger partial charge in [-0.3, -0.25) is 0 Å². The summed E-state index contributed by atoms with van der Waals surface area (Å²) in [6, 6.07) is 29.9. The van der Waals surface area contributed by atoms with E-state index in [9.17, 15) is 5.11 Å². The molecule has 1 fully saturated rings. The van der Waals surface area contributed by atoms with Crippen molar-refractivity contribution in [2.24, 2.45) is 0 Å². The lowest BCUT2D eigenvalue weighted by Crippen LogP contribution is -2.60. The van der Waals surface area contributed by atoms with Gasteiger partial charge in [-0.15, -0.1) is 0 Å². The minimum Gasteiger partial charge on any atom is -0.368 e. The minimum atomic E-state index is -1.11. The van der Waals surface area contributed by atoms with Crippen molar-refractivity contribution in [1.82, 2.24) is 0 Å². The number of hydrogen-bond donors (Lipinski definition) is 1. The lowest BCUT2D eigenvalue weighted by Gasteiger charge is -2.44. The summed E-state index contributed by atoms with van der Waals surface area (Å²) in [7, 11) is 0. The number of hydrogen-bond acceptors (Lipinski definition) is 5. The van der Waals surface area contributed by atoms with Crippen LogP contribution in [0.15, 0.2) is 91.0 Å². The molecule has 1 aliphatic rings. The van der Waals surface area contributed by atoms with E-state index in [1.807, 2.05) is 91.0 Å². The highest BCUT2D eigenvalue weighted by Crippen LogP contribution is 2.30. The SMILES string of the molecule is OC1OC(CI)C(OCc2ccccc2)C(OCc2ccccc2)C1OCc1ccccc1. The smallest absolute Gasteiger partial charge is 0.184 e. The van der Waals surface area contributed by atoms with Crippen LogP contribution in [0.5, 0.6) is 0 Å². The Hall–Kier alpha value is -1.81. The van der Waals surface area contributed by atoms with E-state index in [0.717, 1.165) is 16.7 Å². The van der Waals surface area contributed by atoms with Crippen molar-refractivity contribution in [2.45, 2.75) is 50.5 Å². The van der Waals surface area contributed by atoms with Crippen LogP contribution in [-0.2, 0) is 38.8 Å². The Kier molecular flexibility index (Phi) is 9.28. The van der Waals surface area contributed by atoms with Crippen LogP contribution in [0.2, 0.25) is 0 Å². The fourth-order valence-electron chi connectivity index (χ4n) is 3.89. The van der Waals surface area contributed by atoms with E-state index in [2.05, 4.69) is 22.6 Å². The van der Waals surface area contributed by atoms with Crippen LogP contribution in [-0.4, -0.2) is 40.2 Å². The Balaban J connectivity index is 1.53. The maximum absolute atomic E-state index is 10.8. The van der Waals surface area contributed by atoms with Gasteiger partial charge in [0.1, 0.15) is 18.3 Å². The molecule has 174 valence electrons. The van der Waals surface area contributed by atoms with Crippen LogP contribution in [0.25, 0.3) is 0 Å². The molecular weight excluding hydrogens is 531 g/mol. The van der Waals surface area contributed by atoms with Crippen LogP contribution in [0.1, 0.15) is 16.7 Å². The van der Waals surface area contributed by atoms with Gasteiger partial charge in [0.15, 0.2) is 6.29 Å². The van der Waals surface area contributed by atoms with E-state index < -0.39 is 24.6 Å². The molecule has 1 aliphatic heterocycles. The van der Waals surface area contributed by atoms with Gasteiger partial charge in [0, 0.05) is 4.43 Å². The molecule has 3 aromatic carbocycles. The first-order valence-corrected chi connectivity index (χ1v) is 12.6. The third kappa shape index (κ3) is 6.85. The molecule has 1 N–H and O–H groups in total. The average molecular weight is 560 g/mol. The molecule has 1 saturated heterocycles. The third-order valence-corrected chi connectivity index (χ3v) is 6.49. The lowest BCUT2D eigenvalue weighted by molar-refractivity contribution is -0.306. The van der Waals surface area contributed by atoms with E-state index in [1.54, 1.807) is 0 Å². The van der Waals surface area contributed by atoms with Crippen LogP contribution in [0.3, 0.4) is 0 Å². The minimum absolute atomic E-state index is 0.318. The summed E-state index contributed by atoms with van der Waals surface area (Å²) in [5.74, 6) is 0. The number of aliphatic hydroxyl groups is 1. The highest BCUT2D eigenvalue weighted by molar-refractivity contribution is 14.1. The third-order valence-electron chi connectivity index (χ3n) is 5.62. The van der Waals surface area contributed by atoms with E-state index >= 15 is 0 Å². The zero-order valence-electron chi connectivity index (χ0n) is 18.3. The molecule has 5 atom stereocenters. The molecule has 0 amide bonds. The van der Waals surface area contributed by atoms with Crippen molar-refractivity contribution in [3.63, 3.8) is 0 Å². The van der Waals surface area contributed by atoms with Crippen molar-refractivity contribution in [3.05, 3.63) is 108 Å². The molecule has 5 nitrogen and oxygen atoms in total. The van der Waals surface area contributed by atoms with Crippen LogP contribution in [0.4, 0.5) is 0 Å². The van der Waals surface area contributed by atoms with Crippen LogP contribution >= 0.6 is 22.6 Å². The highest BCUT2D eigenvalue weighted by Gasteiger charge is 2.47. The zero-order valence-corrected chi connectivity index (χ0v) is 20.5. The van der Waals surface area contributed by atoms with Gasteiger partial charge in [0.05, 0.1) is 25.9 Å². The van der Waals surface area contributed by atoms with Crippen molar-refractivity contribution in [2.75, 3.05) is 4.43 Å². The van der Waals surface area contributed by atoms with Gasteiger partial charge in [-0.25, -0.2) is 0 Å². The number of ether oxygens (including phenoxy) is 4. The second-order valence-electron chi connectivity index (χ2n) is 8.00. The molecule has 0 aromatic heterocycles. The van der Waals surface area contributed by atoms with E-state index in [1.165, 1.54) is 0 Å². The Morgan fingerprint density at radius 3 is 1.42 bits per heavy atom. The first-order valence-electron chi connectivity index (χ1n) is 11.1. The monoisotopic (exact) mass is 560 g/mol. The molecule has 3 aromatic rings. The number of halogens is 1. The predicted molar refractivity (Wildman–Crippen MR) is 135 cm³/mol.